The third-order valence-corrected chi connectivity index (χ3v) is 6.11. The van der Waals surface area contributed by atoms with Crippen molar-refractivity contribution in [2.75, 3.05) is 23.1 Å². The maximum atomic E-state index is 12.1. The molecule has 1 heterocycles. The highest BCUT2D eigenvalue weighted by Crippen LogP contribution is 2.28. The van der Waals surface area contributed by atoms with Gasteiger partial charge in [-0.15, -0.1) is 11.8 Å². The zero-order chi connectivity index (χ0) is 18.0. The van der Waals surface area contributed by atoms with Crippen molar-refractivity contribution in [2.24, 2.45) is 0 Å². The summed E-state index contributed by atoms with van der Waals surface area (Å²) < 4.78 is 23.9. The zero-order valence-corrected chi connectivity index (χ0v) is 15.9. The Morgan fingerprint density at radius 3 is 2.68 bits per heavy atom. The van der Waals surface area contributed by atoms with E-state index < -0.39 is 15.9 Å². The minimum atomic E-state index is -3.28. The molecule has 3 aromatic rings. The van der Waals surface area contributed by atoms with Crippen molar-refractivity contribution in [3.05, 3.63) is 42.5 Å². The lowest BCUT2D eigenvalue weighted by atomic mass is 10.3. The number of urea groups is 1. The van der Waals surface area contributed by atoms with Crippen LogP contribution in [-0.2, 0) is 9.84 Å². The van der Waals surface area contributed by atoms with E-state index in [1.54, 1.807) is 30.0 Å². The number of carbonyl (C=O) groups excluding carboxylic acids is 1. The van der Waals surface area contributed by atoms with Crippen molar-refractivity contribution >= 4 is 60.0 Å². The van der Waals surface area contributed by atoms with Crippen molar-refractivity contribution in [1.82, 2.24) is 4.98 Å². The fraction of sp³-hybridized carbons (Fsp3) is 0.125. The van der Waals surface area contributed by atoms with Crippen LogP contribution in [0.4, 0.5) is 15.6 Å². The molecular formula is C16H15N3O3S3. The topological polar surface area (TPSA) is 88.2 Å². The number of fused-ring (bicyclic) bond motifs is 1. The van der Waals surface area contributed by atoms with Gasteiger partial charge in [0.15, 0.2) is 15.0 Å². The number of hydrogen-bond donors (Lipinski definition) is 2. The first kappa shape index (κ1) is 17.7. The number of benzene rings is 2. The second kappa shape index (κ2) is 7.03. The summed E-state index contributed by atoms with van der Waals surface area (Å²) in [6.07, 6.45) is 3.12. The van der Waals surface area contributed by atoms with Crippen molar-refractivity contribution in [2.45, 2.75) is 9.79 Å². The minimum Gasteiger partial charge on any atom is -0.308 e. The number of nitrogens with zero attached hydrogens (tertiary/aromatic N) is 1. The molecule has 0 bridgehead atoms. The van der Waals surface area contributed by atoms with Gasteiger partial charge in [-0.3, -0.25) is 5.32 Å². The summed E-state index contributed by atoms with van der Waals surface area (Å²) in [6, 6.07) is 11.8. The van der Waals surface area contributed by atoms with E-state index in [2.05, 4.69) is 15.6 Å². The number of nitrogens with one attached hydrogen (secondary N) is 2. The Kier molecular flexibility index (Phi) is 4.98. The van der Waals surface area contributed by atoms with Gasteiger partial charge in [0, 0.05) is 16.8 Å². The predicted molar refractivity (Wildman–Crippen MR) is 104 cm³/mol. The Bertz CT molecular complexity index is 1040. The van der Waals surface area contributed by atoms with Crippen molar-refractivity contribution in [1.29, 1.82) is 0 Å². The summed E-state index contributed by atoms with van der Waals surface area (Å²) in [5.74, 6) is 0. The monoisotopic (exact) mass is 393 g/mol. The second-order valence-corrected chi connectivity index (χ2v) is 9.16. The molecule has 2 N–H and O–H groups in total. The third kappa shape index (κ3) is 4.30. The standard InChI is InChI=1S/C16H15N3O3S3/c1-23-11-5-3-4-10(8-11)17-15(20)19-16-18-13-7-6-12(25(2,21)22)9-14(13)24-16/h3-9H,1-2H3,(H2,17,18,19,20). The summed E-state index contributed by atoms with van der Waals surface area (Å²) in [5.41, 5.74) is 1.32. The maximum absolute atomic E-state index is 12.1. The van der Waals surface area contributed by atoms with Crippen molar-refractivity contribution in [3.63, 3.8) is 0 Å². The molecule has 6 nitrogen and oxygen atoms in total. The normalized spacial score (nSPS) is 11.4. The largest absolute Gasteiger partial charge is 0.325 e. The number of rotatable bonds is 4. The van der Waals surface area contributed by atoms with E-state index in [9.17, 15) is 13.2 Å². The van der Waals surface area contributed by atoms with Gasteiger partial charge in [0.05, 0.1) is 15.1 Å². The maximum Gasteiger partial charge on any atom is 0.325 e. The van der Waals surface area contributed by atoms with Gasteiger partial charge in [-0.25, -0.2) is 18.2 Å². The minimum absolute atomic E-state index is 0.230. The van der Waals surface area contributed by atoms with Crippen LogP contribution in [0, 0.1) is 0 Å². The van der Waals surface area contributed by atoms with Crippen LogP contribution >= 0.6 is 23.1 Å². The number of anilines is 2. The number of hydrogen-bond acceptors (Lipinski definition) is 6. The average molecular weight is 394 g/mol. The fourth-order valence-electron chi connectivity index (χ4n) is 2.15. The number of thioether (sulfide) groups is 1. The van der Waals surface area contributed by atoms with Gasteiger partial charge in [-0.05, 0) is 42.7 Å². The fourth-order valence-corrected chi connectivity index (χ4v) is 4.23. The predicted octanol–water partition coefficient (Wildman–Crippen LogP) is 4.07. The molecule has 0 radical (unpaired) electrons. The van der Waals surface area contributed by atoms with Crippen LogP contribution in [-0.4, -0.2) is 31.9 Å². The first-order valence-corrected chi connectivity index (χ1v) is 11.1. The summed E-state index contributed by atoms with van der Waals surface area (Å²) in [5, 5.41) is 5.83. The molecule has 25 heavy (non-hydrogen) atoms. The lowest BCUT2D eigenvalue weighted by Gasteiger charge is -2.06. The lowest BCUT2D eigenvalue weighted by molar-refractivity contribution is 0.262. The Balaban J connectivity index is 1.77. The van der Waals surface area contributed by atoms with Gasteiger partial charge in [0.25, 0.3) is 0 Å². The van der Waals surface area contributed by atoms with E-state index in [-0.39, 0.29) is 4.90 Å². The van der Waals surface area contributed by atoms with E-state index in [0.717, 1.165) is 11.2 Å². The molecule has 2 aromatic carbocycles. The molecule has 0 fully saturated rings. The van der Waals surface area contributed by atoms with Crippen LogP contribution < -0.4 is 10.6 Å². The Morgan fingerprint density at radius 2 is 1.96 bits per heavy atom. The number of aromatic nitrogens is 1. The number of carbonyl (C=O) groups is 1. The molecule has 0 unspecified atom stereocenters. The summed E-state index contributed by atoms with van der Waals surface area (Å²) in [7, 11) is -3.28. The molecule has 9 heteroatoms. The zero-order valence-electron chi connectivity index (χ0n) is 13.4. The van der Waals surface area contributed by atoms with Crippen LogP contribution in [0.25, 0.3) is 10.2 Å². The van der Waals surface area contributed by atoms with Gasteiger partial charge < -0.3 is 5.32 Å². The van der Waals surface area contributed by atoms with Crippen LogP contribution in [0.5, 0.6) is 0 Å². The molecule has 0 aliphatic carbocycles. The Hall–Kier alpha value is -2.10. The Morgan fingerprint density at radius 1 is 1.16 bits per heavy atom. The van der Waals surface area contributed by atoms with Crippen LogP contribution in [0.2, 0.25) is 0 Å². The summed E-state index contributed by atoms with van der Waals surface area (Å²) in [4.78, 5) is 17.7. The average Bonchev–Trinajstić information content (AvgIpc) is 2.95. The number of thiazole rings is 1. The number of amides is 2. The van der Waals surface area contributed by atoms with E-state index in [1.807, 2.05) is 24.5 Å². The molecule has 0 spiro atoms. The molecular weight excluding hydrogens is 378 g/mol. The molecule has 130 valence electrons. The molecule has 3 rings (SSSR count). The van der Waals surface area contributed by atoms with Crippen molar-refractivity contribution < 1.29 is 13.2 Å². The van der Waals surface area contributed by atoms with E-state index in [1.165, 1.54) is 17.4 Å². The Labute approximate surface area is 153 Å². The van der Waals surface area contributed by atoms with Gasteiger partial charge in [0.2, 0.25) is 0 Å². The van der Waals surface area contributed by atoms with Gasteiger partial charge >= 0.3 is 6.03 Å². The molecule has 0 aliphatic heterocycles. The smallest absolute Gasteiger partial charge is 0.308 e. The first-order valence-electron chi connectivity index (χ1n) is 7.18. The van der Waals surface area contributed by atoms with Crippen LogP contribution in [0.15, 0.2) is 52.3 Å². The highest BCUT2D eigenvalue weighted by atomic mass is 32.2. The van der Waals surface area contributed by atoms with Gasteiger partial charge in [-0.2, -0.15) is 0 Å². The molecule has 0 atom stereocenters. The van der Waals surface area contributed by atoms with Gasteiger partial charge in [0.1, 0.15) is 0 Å². The van der Waals surface area contributed by atoms with Crippen LogP contribution in [0.1, 0.15) is 0 Å². The van der Waals surface area contributed by atoms with Crippen LogP contribution in [0.3, 0.4) is 0 Å². The highest BCUT2D eigenvalue weighted by Gasteiger charge is 2.12. The first-order chi connectivity index (χ1) is 11.8. The molecule has 0 saturated heterocycles. The van der Waals surface area contributed by atoms with E-state index >= 15 is 0 Å². The molecule has 1 aromatic heterocycles. The van der Waals surface area contributed by atoms with Crippen molar-refractivity contribution in [3.8, 4) is 0 Å². The van der Waals surface area contributed by atoms with E-state index in [4.69, 9.17) is 0 Å². The highest BCUT2D eigenvalue weighted by molar-refractivity contribution is 7.98. The summed E-state index contributed by atoms with van der Waals surface area (Å²) in [6.45, 7) is 0. The quantitative estimate of drug-likeness (QED) is 0.653. The third-order valence-electron chi connectivity index (χ3n) is 3.34. The second-order valence-electron chi connectivity index (χ2n) is 5.23. The SMILES string of the molecule is CSc1cccc(NC(=O)Nc2nc3ccc(S(C)(=O)=O)cc3s2)c1. The molecule has 0 aliphatic rings. The molecule has 2 amide bonds. The lowest BCUT2D eigenvalue weighted by Crippen LogP contribution is -2.19. The number of sulfone groups is 1. The van der Waals surface area contributed by atoms with Gasteiger partial charge in [-0.1, -0.05) is 17.4 Å². The summed E-state index contributed by atoms with van der Waals surface area (Å²) >= 11 is 2.81. The molecule has 0 saturated carbocycles. The van der Waals surface area contributed by atoms with E-state index in [0.29, 0.717) is 21.0 Å².